The summed E-state index contributed by atoms with van der Waals surface area (Å²) in [5.74, 6) is -0.419. The first-order valence-electron chi connectivity index (χ1n) is 6.17. The molecule has 0 fully saturated rings. The third-order valence-corrected chi connectivity index (χ3v) is 3.20. The molecule has 2 aromatic heterocycles. The molecule has 116 valence electrons. The summed E-state index contributed by atoms with van der Waals surface area (Å²) >= 11 is 0. The first kappa shape index (κ1) is 16.0. The van der Waals surface area contributed by atoms with Crippen LogP contribution in [-0.4, -0.2) is 55.1 Å². The van der Waals surface area contributed by atoms with Gasteiger partial charge in [0, 0.05) is 17.4 Å². The lowest BCUT2D eigenvalue weighted by molar-refractivity contribution is 0.0944. The van der Waals surface area contributed by atoms with Crippen LogP contribution in [-0.2, 0) is 13.6 Å². The van der Waals surface area contributed by atoms with Gasteiger partial charge in [-0.1, -0.05) is 0 Å². The molecule has 0 amide bonds. The second kappa shape index (κ2) is 8.17. The molecular formula is C10H12N6O5P+. The summed E-state index contributed by atoms with van der Waals surface area (Å²) in [4.78, 5) is 30.4. The van der Waals surface area contributed by atoms with Gasteiger partial charge in [-0.15, -0.1) is 9.05 Å². The Labute approximate surface area is 124 Å². The normalized spacial score (nSPS) is 10.5. The number of hydrogen-bond acceptors (Lipinski definition) is 9. The van der Waals surface area contributed by atoms with Crippen LogP contribution in [0.4, 0.5) is 0 Å². The van der Waals surface area contributed by atoms with Crippen molar-refractivity contribution in [2.75, 3.05) is 13.2 Å². The molecule has 12 heteroatoms. The van der Waals surface area contributed by atoms with Crippen LogP contribution in [0, 0.1) is 0 Å². The molecule has 0 spiro atoms. The van der Waals surface area contributed by atoms with Crippen LogP contribution in [0.5, 0.6) is 0 Å². The topological polar surface area (TPSA) is 153 Å². The molecule has 0 aliphatic heterocycles. The number of nitrogens with zero attached hydrogens (tertiary/aromatic N) is 4. The Kier molecular flexibility index (Phi) is 5.95. The van der Waals surface area contributed by atoms with Crippen LogP contribution in [0.1, 0.15) is 34.1 Å². The fourth-order valence-electron chi connectivity index (χ4n) is 1.38. The van der Waals surface area contributed by atoms with Crippen molar-refractivity contribution in [1.29, 1.82) is 0 Å². The van der Waals surface area contributed by atoms with Crippen molar-refractivity contribution in [2.45, 2.75) is 12.8 Å². The molecule has 0 aromatic carbocycles. The molecule has 0 aliphatic rings. The molecule has 22 heavy (non-hydrogen) atoms. The van der Waals surface area contributed by atoms with Gasteiger partial charge in [0.2, 0.25) is 11.6 Å². The molecule has 0 unspecified atom stereocenters. The average Bonchev–Trinajstić information content (AvgIpc) is 3.20. The monoisotopic (exact) mass is 327 g/mol. The zero-order valence-electron chi connectivity index (χ0n) is 11.3. The van der Waals surface area contributed by atoms with Gasteiger partial charge in [0.15, 0.2) is 11.6 Å². The number of aromatic amines is 2. The van der Waals surface area contributed by atoms with E-state index in [1.165, 1.54) is 12.7 Å². The number of H-pyrrole nitrogens is 2. The summed E-state index contributed by atoms with van der Waals surface area (Å²) < 4.78 is 21.1. The number of carbonyl (C=O) groups is 2. The van der Waals surface area contributed by atoms with Crippen LogP contribution < -0.4 is 0 Å². The Bertz CT molecular complexity index is 574. The van der Waals surface area contributed by atoms with E-state index in [-0.39, 0.29) is 49.3 Å². The van der Waals surface area contributed by atoms with E-state index in [1.807, 2.05) is 0 Å². The molecule has 0 saturated heterocycles. The molecule has 0 radical (unpaired) electrons. The number of ketones is 2. The van der Waals surface area contributed by atoms with Gasteiger partial charge in [-0.2, -0.15) is 10.2 Å². The van der Waals surface area contributed by atoms with E-state index in [2.05, 4.69) is 30.4 Å². The third-order valence-electron chi connectivity index (χ3n) is 2.41. The summed E-state index contributed by atoms with van der Waals surface area (Å²) in [7, 11) is -2.40. The zero-order chi connectivity index (χ0) is 15.8. The maximum Gasteiger partial charge on any atom is 0.697 e. The second-order valence-corrected chi connectivity index (χ2v) is 4.87. The van der Waals surface area contributed by atoms with Crippen LogP contribution in [0.2, 0.25) is 0 Å². The van der Waals surface area contributed by atoms with Crippen molar-refractivity contribution in [3.05, 3.63) is 24.3 Å². The average molecular weight is 327 g/mol. The number of hydrogen-bond donors (Lipinski definition) is 2. The Hall–Kier alpha value is -2.36. The quantitative estimate of drug-likeness (QED) is 0.468. The van der Waals surface area contributed by atoms with Crippen molar-refractivity contribution in [3.63, 3.8) is 0 Å². The highest BCUT2D eigenvalue weighted by Gasteiger charge is 2.22. The van der Waals surface area contributed by atoms with Crippen LogP contribution in [0.15, 0.2) is 12.7 Å². The molecule has 2 heterocycles. The number of aromatic nitrogens is 6. The van der Waals surface area contributed by atoms with Crippen molar-refractivity contribution < 1.29 is 23.2 Å². The van der Waals surface area contributed by atoms with Gasteiger partial charge in [-0.05, 0) is 0 Å². The van der Waals surface area contributed by atoms with E-state index in [0.717, 1.165) is 0 Å². The maximum absolute atomic E-state index is 11.5. The van der Waals surface area contributed by atoms with Gasteiger partial charge in [-0.3, -0.25) is 19.8 Å². The van der Waals surface area contributed by atoms with Gasteiger partial charge < -0.3 is 0 Å². The fraction of sp³-hybridized carbons (Fsp3) is 0.400. The zero-order valence-corrected chi connectivity index (χ0v) is 12.2. The third kappa shape index (κ3) is 4.88. The molecule has 11 nitrogen and oxygen atoms in total. The largest absolute Gasteiger partial charge is 0.697 e. The highest BCUT2D eigenvalue weighted by Crippen LogP contribution is 2.24. The molecular weight excluding hydrogens is 315 g/mol. The standard InChI is InChI=1S/C10H11N6O5P/c17-7(9-11-5-13-15-9)1-3-20-22(19)21-4-2-8(18)10-12-6-14-16-10/h5-6H,1-4H2,(H-,11,12,13,14,15,16,17,18)/p+1. The van der Waals surface area contributed by atoms with E-state index in [0.29, 0.717) is 0 Å². The Morgan fingerprint density at radius 3 is 1.77 bits per heavy atom. The van der Waals surface area contributed by atoms with Crippen molar-refractivity contribution in [2.24, 2.45) is 0 Å². The van der Waals surface area contributed by atoms with E-state index < -0.39 is 8.25 Å². The minimum atomic E-state index is -2.40. The molecule has 0 saturated carbocycles. The Morgan fingerprint density at radius 1 is 0.955 bits per heavy atom. The smallest absolute Gasteiger partial charge is 0.291 e. The minimum absolute atomic E-state index is 0.0172. The number of carbonyl (C=O) groups excluding carboxylic acids is 2. The van der Waals surface area contributed by atoms with Gasteiger partial charge in [-0.25, -0.2) is 9.97 Å². The molecule has 0 bridgehead atoms. The molecule has 2 aromatic rings. The highest BCUT2D eigenvalue weighted by molar-refractivity contribution is 7.33. The lowest BCUT2D eigenvalue weighted by atomic mass is 10.3. The van der Waals surface area contributed by atoms with Gasteiger partial charge in [0.25, 0.3) is 0 Å². The molecule has 2 N–H and O–H groups in total. The molecule has 0 atom stereocenters. The van der Waals surface area contributed by atoms with Gasteiger partial charge >= 0.3 is 8.25 Å². The summed E-state index contributed by atoms with van der Waals surface area (Å²) in [5, 5.41) is 11.9. The Morgan fingerprint density at radius 2 is 1.41 bits per heavy atom. The summed E-state index contributed by atoms with van der Waals surface area (Å²) in [6.45, 7) is -0.185. The first-order valence-corrected chi connectivity index (χ1v) is 7.26. The van der Waals surface area contributed by atoms with E-state index in [9.17, 15) is 14.2 Å². The number of nitrogens with one attached hydrogen (secondary N) is 2. The first-order chi connectivity index (χ1) is 10.7. The SMILES string of the molecule is O=C(CCO[P+](=O)OCCC(=O)c1ncn[nH]1)c1ncn[nH]1. The second-order valence-electron chi connectivity index (χ2n) is 3.90. The van der Waals surface area contributed by atoms with Crippen LogP contribution >= 0.6 is 8.25 Å². The minimum Gasteiger partial charge on any atom is -0.291 e. The summed E-state index contributed by atoms with van der Waals surface area (Å²) in [5.41, 5.74) is 0. The van der Waals surface area contributed by atoms with E-state index in [1.54, 1.807) is 0 Å². The highest BCUT2D eigenvalue weighted by atomic mass is 31.1. The van der Waals surface area contributed by atoms with Gasteiger partial charge in [0.05, 0.1) is 0 Å². The van der Waals surface area contributed by atoms with Crippen molar-refractivity contribution >= 4 is 19.8 Å². The van der Waals surface area contributed by atoms with E-state index >= 15 is 0 Å². The number of Topliss-reactive ketones (excluding diaryl/α,β-unsaturated/α-hetero) is 2. The summed E-state index contributed by atoms with van der Waals surface area (Å²) in [6.07, 6.45) is 2.39. The predicted octanol–water partition coefficient (Wildman–Crippen LogP) is 0.459. The lowest BCUT2D eigenvalue weighted by Gasteiger charge is -1.93. The van der Waals surface area contributed by atoms with Crippen LogP contribution in [0.25, 0.3) is 0 Å². The predicted molar refractivity (Wildman–Crippen MR) is 70.2 cm³/mol. The lowest BCUT2D eigenvalue weighted by Crippen LogP contribution is -2.06. The fourth-order valence-corrected chi connectivity index (χ4v) is 1.93. The maximum atomic E-state index is 11.5. The van der Waals surface area contributed by atoms with Crippen molar-refractivity contribution in [3.8, 4) is 0 Å². The molecule has 2 rings (SSSR count). The van der Waals surface area contributed by atoms with Gasteiger partial charge in [0.1, 0.15) is 25.9 Å². The van der Waals surface area contributed by atoms with E-state index in [4.69, 9.17) is 9.05 Å². The number of rotatable bonds is 10. The summed E-state index contributed by atoms with van der Waals surface area (Å²) in [6, 6.07) is 0. The van der Waals surface area contributed by atoms with Crippen molar-refractivity contribution in [1.82, 2.24) is 30.4 Å². The molecule has 0 aliphatic carbocycles. The Balaban J connectivity index is 1.58. The van der Waals surface area contributed by atoms with Crippen LogP contribution in [0.3, 0.4) is 0 Å².